The van der Waals surface area contributed by atoms with Gasteiger partial charge >= 0.3 is 6.09 Å². The standard InChI is InChI=1S/C11H18N2O2/c1-11(2,3)15-10(14)13-8-5-4-7-6-9(8)12-7/h5,7,9,12H,4,6H2,1-3H3,(H,13,14). The molecule has 2 heterocycles. The molecule has 15 heavy (non-hydrogen) atoms. The summed E-state index contributed by atoms with van der Waals surface area (Å²) in [5.41, 5.74) is 0.529. The minimum Gasteiger partial charge on any atom is -0.444 e. The third-order valence-corrected chi connectivity index (χ3v) is 2.60. The lowest BCUT2D eigenvalue weighted by atomic mass is 9.86. The van der Waals surface area contributed by atoms with E-state index in [-0.39, 0.29) is 6.09 Å². The van der Waals surface area contributed by atoms with Gasteiger partial charge in [0.15, 0.2) is 0 Å². The van der Waals surface area contributed by atoms with Crippen LogP contribution in [-0.2, 0) is 4.74 Å². The van der Waals surface area contributed by atoms with E-state index in [1.165, 1.54) is 0 Å². The predicted molar refractivity (Wildman–Crippen MR) is 57.4 cm³/mol. The van der Waals surface area contributed by atoms with Crippen molar-refractivity contribution in [1.82, 2.24) is 10.6 Å². The van der Waals surface area contributed by atoms with Crippen molar-refractivity contribution in [3.8, 4) is 0 Å². The number of hydrogen-bond donors (Lipinski definition) is 2. The van der Waals surface area contributed by atoms with Crippen LogP contribution in [-0.4, -0.2) is 23.8 Å². The SMILES string of the molecule is CC(C)(C)OC(=O)NC1=CCC2CC1N2. The molecule has 1 aliphatic carbocycles. The van der Waals surface area contributed by atoms with Gasteiger partial charge in [-0.3, -0.25) is 5.32 Å². The topological polar surface area (TPSA) is 50.4 Å². The Hall–Kier alpha value is -1.03. The molecule has 1 fully saturated rings. The highest BCUT2D eigenvalue weighted by molar-refractivity contribution is 5.70. The quantitative estimate of drug-likeness (QED) is 0.690. The third kappa shape index (κ3) is 2.50. The first-order valence-corrected chi connectivity index (χ1v) is 5.40. The van der Waals surface area contributed by atoms with Gasteiger partial charge in [-0.05, 0) is 33.6 Å². The van der Waals surface area contributed by atoms with E-state index in [2.05, 4.69) is 16.7 Å². The molecule has 3 aliphatic rings. The maximum atomic E-state index is 11.5. The minimum absolute atomic E-state index is 0.330. The van der Waals surface area contributed by atoms with E-state index in [0.29, 0.717) is 12.1 Å². The molecule has 0 aromatic carbocycles. The van der Waals surface area contributed by atoms with Gasteiger partial charge in [-0.1, -0.05) is 6.08 Å². The molecule has 84 valence electrons. The Bertz CT molecular complexity index is 298. The van der Waals surface area contributed by atoms with Crippen LogP contribution in [0.1, 0.15) is 33.6 Å². The average molecular weight is 210 g/mol. The van der Waals surface area contributed by atoms with Crippen LogP contribution in [0.2, 0.25) is 0 Å². The van der Waals surface area contributed by atoms with Gasteiger partial charge in [0.2, 0.25) is 0 Å². The van der Waals surface area contributed by atoms with E-state index in [0.717, 1.165) is 18.5 Å². The summed E-state index contributed by atoms with van der Waals surface area (Å²) in [7, 11) is 0. The van der Waals surface area contributed by atoms with E-state index in [4.69, 9.17) is 4.74 Å². The Morgan fingerprint density at radius 1 is 1.60 bits per heavy atom. The van der Waals surface area contributed by atoms with E-state index in [1.807, 2.05) is 20.8 Å². The van der Waals surface area contributed by atoms with Crippen molar-refractivity contribution in [3.05, 3.63) is 11.8 Å². The molecule has 1 saturated heterocycles. The van der Waals surface area contributed by atoms with Gasteiger partial charge < -0.3 is 10.1 Å². The zero-order valence-electron chi connectivity index (χ0n) is 9.46. The fourth-order valence-electron chi connectivity index (χ4n) is 1.90. The van der Waals surface area contributed by atoms with Crippen LogP contribution in [0.15, 0.2) is 11.8 Å². The molecule has 0 spiro atoms. The number of fused-ring (bicyclic) bond motifs is 1. The molecule has 4 heteroatoms. The number of amides is 1. The maximum absolute atomic E-state index is 11.5. The van der Waals surface area contributed by atoms with Crippen LogP contribution in [0.5, 0.6) is 0 Å². The van der Waals surface area contributed by atoms with Crippen molar-refractivity contribution in [2.45, 2.75) is 51.3 Å². The summed E-state index contributed by atoms with van der Waals surface area (Å²) in [6, 6.07) is 0.954. The largest absolute Gasteiger partial charge is 0.444 e. The van der Waals surface area contributed by atoms with Crippen LogP contribution in [0.25, 0.3) is 0 Å². The summed E-state index contributed by atoms with van der Waals surface area (Å²) in [6.45, 7) is 5.58. The zero-order chi connectivity index (χ0) is 11.1. The molecule has 0 radical (unpaired) electrons. The Morgan fingerprint density at radius 2 is 2.27 bits per heavy atom. The summed E-state index contributed by atoms with van der Waals surface area (Å²) in [6.07, 6.45) is 3.85. The normalized spacial score (nSPS) is 28.9. The number of carbonyl (C=O) groups is 1. The van der Waals surface area contributed by atoms with Crippen molar-refractivity contribution >= 4 is 6.09 Å². The number of nitrogens with one attached hydrogen (secondary N) is 2. The molecule has 2 atom stereocenters. The highest BCUT2D eigenvalue weighted by Gasteiger charge is 2.35. The summed E-state index contributed by atoms with van der Waals surface area (Å²) in [5, 5.41) is 6.16. The molecule has 0 aromatic heterocycles. The van der Waals surface area contributed by atoms with Crippen LogP contribution in [0.4, 0.5) is 4.79 Å². The lowest BCUT2D eigenvalue weighted by Gasteiger charge is -2.42. The molecule has 2 N–H and O–H groups in total. The van der Waals surface area contributed by atoms with E-state index in [9.17, 15) is 4.79 Å². The first-order chi connectivity index (χ1) is 6.94. The van der Waals surface area contributed by atoms with E-state index < -0.39 is 5.60 Å². The lowest BCUT2D eigenvalue weighted by Crippen LogP contribution is -2.58. The molecule has 2 unspecified atom stereocenters. The summed E-state index contributed by atoms with van der Waals surface area (Å²) in [5.74, 6) is 0. The van der Waals surface area contributed by atoms with Gasteiger partial charge in [-0.2, -0.15) is 0 Å². The molecule has 2 bridgehead atoms. The number of carbonyl (C=O) groups excluding carboxylic acids is 1. The zero-order valence-corrected chi connectivity index (χ0v) is 9.46. The molecule has 4 nitrogen and oxygen atoms in total. The monoisotopic (exact) mass is 210 g/mol. The Morgan fingerprint density at radius 3 is 2.73 bits per heavy atom. The van der Waals surface area contributed by atoms with Crippen LogP contribution in [0, 0.1) is 0 Å². The van der Waals surface area contributed by atoms with Crippen LogP contribution >= 0.6 is 0 Å². The van der Waals surface area contributed by atoms with Gasteiger partial charge in [0.05, 0.1) is 0 Å². The molecule has 1 amide bonds. The Balaban J connectivity index is 1.86. The average Bonchev–Trinajstić information content (AvgIpc) is 1.98. The lowest BCUT2D eigenvalue weighted by molar-refractivity contribution is 0.0533. The summed E-state index contributed by atoms with van der Waals surface area (Å²) < 4.78 is 5.19. The number of alkyl carbamates (subject to hydrolysis) is 1. The fraction of sp³-hybridized carbons (Fsp3) is 0.727. The fourth-order valence-corrected chi connectivity index (χ4v) is 1.90. The van der Waals surface area contributed by atoms with Gasteiger partial charge in [-0.15, -0.1) is 0 Å². The minimum atomic E-state index is -0.436. The summed E-state index contributed by atoms with van der Waals surface area (Å²) >= 11 is 0. The smallest absolute Gasteiger partial charge is 0.411 e. The van der Waals surface area contributed by atoms with Gasteiger partial charge in [-0.25, -0.2) is 4.79 Å². The number of hydrogen-bond acceptors (Lipinski definition) is 3. The highest BCUT2D eigenvalue weighted by Crippen LogP contribution is 2.26. The van der Waals surface area contributed by atoms with Crippen molar-refractivity contribution < 1.29 is 9.53 Å². The number of ether oxygens (including phenoxy) is 1. The van der Waals surface area contributed by atoms with Crippen molar-refractivity contribution in [1.29, 1.82) is 0 Å². The molecule has 0 saturated carbocycles. The Kier molecular flexibility index (Phi) is 2.46. The van der Waals surface area contributed by atoms with Crippen molar-refractivity contribution in [2.75, 3.05) is 0 Å². The second kappa shape index (κ2) is 3.52. The first kappa shape index (κ1) is 10.5. The molecule has 2 aliphatic heterocycles. The van der Waals surface area contributed by atoms with E-state index >= 15 is 0 Å². The molecule has 3 rings (SSSR count). The molecular weight excluding hydrogens is 192 g/mol. The van der Waals surface area contributed by atoms with Gasteiger partial charge in [0.1, 0.15) is 5.60 Å². The van der Waals surface area contributed by atoms with Crippen LogP contribution < -0.4 is 10.6 Å². The van der Waals surface area contributed by atoms with Gasteiger partial charge in [0, 0.05) is 17.8 Å². The van der Waals surface area contributed by atoms with Crippen molar-refractivity contribution in [3.63, 3.8) is 0 Å². The second-order valence-electron chi connectivity index (χ2n) is 5.17. The predicted octanol–water partition coefficient (Wildman–Crippen LogP) is 1.53. The van der Waals surface area contributed by atoms with E-state index in [1.54, 1.807) is 0 Å². The summed E-state index contributed by atoms with van der Waals surface area (Å²) in [4.78, 5) is 11.5. The molecule has 0 aromatic rings. The second-order valence-corrected chi connectivity index (χ2v) is 5.17. The van der Waals surface area contributed by atoms with Gasteiger partial charge in [0.25, 0.3) is 0 Å². The van der Waals surface area contributed by atoms with Crippen LogP contribution in [0.3, 0.4) is 0 Å². The third-order valence-electron chi connectivity index (χ3n) is 2.60. The highest BCUT2D eigenvalue weighted by atomic mass is 16.6. The Labute approximate surface area is 90.1 Å². The van der Waals surface area contributed by atoms with Crippen molar-refractivity contribution in [2.24, 2.45) is 0 Å². The molecular formula is C11H18N2O2. The first-order valence-electron chi connectivity index (χ1n) is 5.40. The number of rotatable bonds is 1. The maximum Gasteiger partial charge on any atom is 0.411 e.